The number of amidine groups is 1. The lowest BCUT2D eigenvalue weighted by Gasteiger charge is -2.17. The number of benzene rings is 3. The molecule has 5 N–H and O–H groups in total. The molecule has 1 saturated carbocycles. The van der Waals surface area contributed by atoms with Gasteiger partial charge in [-0.1, -0.05) is 60.7 Å². The van der Waals surface area contributed by atoms with E-state index in [2.05, 4.69) is 0 Å². The molecule has 2 atom stereocenters. The van der Waals surface area contributed by atoms with Gasteiger partial charge in [-0.15, -0.1) is 0 Å². The Bertz CT molecular complexity index is 1170. The molecule has 4 rings (SSSR count). The maximum Gasteiger partial charge on any atom is 0.417 e. The highest BCUT2D eigenvalue weighted by Gasteiger charge is 2.60. The lowest BCUT2D eigenvalue weighted by molar-refractivity contribution is -0.137. The fourth-order valence-corrected chi connectivity index (χ4v) is 4.25. The van der Waals surface area contributed by atoms with E-state index in [9.17, 15) is 18.0 Å². The van der Waals surface area contributed by atoms with Crippen LogP contribution in [0.5, 0.6) is 0 Å². The van der Waals surface area contributed by atoms with E-state index in [0.717, 1.165) is 11.6 Å². The minimum atomic E-state index is -4.47. The average molecular weight is 423 g/mol. The number of alkyl halides is 3. The standard InChI is InChI=1S/C24H20F3N3O/c25-24(26,27)19-7-2-1-6-18(19)14-8-10-17(11-9-14)23(22(30)31)13-20(23)15-4-3-5-16(12-15)21(28)29/h1-12,20H,13H2,(H3,28,29)(H2,30,31). The predicted octanol–water partition coefficient (Wildman–Crippen LogP) is 4.57. The number of hydrogen-bond acceptors (Lipinski definition) is 2. The van der Waals surface area contributed by atoms with E-state index in [1.165, 1.54) is 12.1 Å². The van der Waals surface area contributed by atoms with Gasteiger partial charge in [0.2, 0.25) is 5.91 Å². The highest BCUT2D eigenvalue weighted by atomic mass is 19.4. The van der Waals surface area contributed by atoms with E-state index in [-0.39, 0.29) is 17.3 Å². The number of halogens is 3. The van der Waals surface area contributed by atoms with E-state index in [1.54, 1.807) is 48.5 Å². The van der Waals surface area contributed by atoms with E-state index in [1.807, 2.05) is 6.07 Å². The minimum Gasteiger partial charge on any atom is -0.384 e. The number of hydrogen-bond donors (Lipinski definition) is 3. The molecule has 1 aliphatic rings. The smallest absolute Gasteiger partial charge is 0.384 e. The molecule has 0 saturated heterocycles. The van der Waals surface area contributed by atoms with Crippen LogP contribution in [0, 0.1) is 5.41 Å². The number of rotatable bonds is 5. The molecule has 0 radical (unpaired) electrons. The monoisotopic (exact) mass is 423 g/mol. The highest BCUT2D eigenvalue weighted by Crippen LogP contribution is 2.60. The van der Waals surface area contributed by atoms with Crippen molar-refractivity contribution in [2.45, 2.75) is 23.9 Å². The zero-order valence-corrected chi connectivity index (χ0v) is 16.4. The van der Waals surface area contributed by atoms with Crippen molar-refractivity contribution in [3.05, 3.63) is 95.1 Å². The van der Waals surface area contributed by atoms with Crippen LogP contribution in [0.25, 0.3) is 11.1 Å². The molecule has 0 aliphatic heterocycles. The van der Waals surface area contributed by atoms with E-state index in [0.29, 0.717) is 23.1 Å². The lowest BCUT2D eigenvalue weighted by atomic mass is 9.88. The van der Waals surface area contributed by atoms with Crippen LogP contribution in [-0.2, 0) is 16.4 Å². The third-order valence-electron chi connectivity index (χ3n) is 5.94. The Kier molecular flexibility index (Phi) is 4.84. The van der Waals surface area contributed by atoms with Crippen molar-refractivity contribution in [2.24, 2.45) is 11.5 Å². The Morgan fingerprint density at radius 1 is 0.968 bits per heavy atom. The van der Waals surface area contributed by atoms with Crippen LogP contribution in [0.3, 0.4) is 0 Å². The van der Waals surface area contributed by atoms with Crippen molar-refractivity contribution in [3.8, 4) is 11.1 Å². The molecule has 2 unspecified atom stereocenters. The van der Waals surface area contributed by atoms with Crippen LogP contribution in [0.2, 0.25) is 0 Å². The first-order valence-corrected chi connectivity index (χ1v) is 9.66. The Morgan fingerprint density at radius 3 is 2.26 bits per heavy atom. The molecule has 0 spiro atoms. The highest BCUT2D eigenvalue weighted by molar-refractivity contribution is 5.96. The third-order valence-corrected chi connectivity index (χ3v) is 5.94. The number of amides is 1. The van der Waals surface area contributed by atoms with Gasteiger partial charge in [0, 0.05) is 11.5 Å². The first kappa shape index (κ1) is 20.7. The van der Waals surface area contributed by atoms with E-state index >= 15 is 0 Å². The molecule has 7 heteroatoms. The van der Waals surface area contributed by atoms with Gasteiger partial charge in [0.05, 0.1) is 11.0 Å². The normalized spacial score (nSPS) is 20.3. The summed E-state index contributed by atoms with van der Waals surface area (Å²) in [7, 11) is 0. The van der Waals surface area contributed by atoms with Gasteiger partial charge >= 0.3 is 6.18 Å². The maximum absolute atomic E-state index is 13.4. The van der Waals surface area contributed by atoms with Gasteiger partial charge in [-0.05, 0) is 40.8 Å². The summed E-state index contributed by atoms with van der Waals surface area (Å²) in [6, 6.07) is 19.0. The number of primary amides is 1. The van der Waals surface area contributed by atoms with E-state index in [4.69, 9.17) is 16.9 Å². The second-order valence-electron chi connectivity index (χ2n) is 7.75. The lowest BCUT2D eigenvalue weighted by Crippen LogP contribution is -2.30. The summed E-state index contributed by atoms with van der Waals surface area (Å²) in [6.45, 7) is 0. The molecule has 1 aliphatic carbocycles. The van der Waals surface area contributed by atoms with Gasteiger partial charge < -0.3 is 11.5 Å². The fraction of sp³-hybridized carbons (Fsp3) is 0.167. The summed E-state index contributed by atoms with van der Waals surface area (Å²) in [4.78, 5) is 12.4. The fourth-order valence-electron chi connectivity index (χ4n) is 4.25. The molecule has 0 bridgehead atoms. The summed E-state index contributed by atoms with van der Waals surface area (Å²) in [5.41, 5.74) is 12.2. The van der Waals surface area contributed by atoms with Crippen LogP contribution in [-0.4, -0.2) is 11.7 Å². The molecule has 31 heavy (non-hydrogen) atoms. The zero-order chi connectivity index (χ0) is 22.4. The molecule has 1 fully saturated rings. The number of carbonyl (C=O) groups excluding carboxylic acids is 1. The van der Waals surface area contributed by atoms with Gasteiger partial charge in [-0.3, -0.25) is 10.2 Å². The Hall–Kier alpha value is -3.61. The largest absolute Gasteiger partial charge is 0.417 e. The van der Waals surface area contributed by atoms with Crippen LogP contribution >= 0.6 is 0 Å². The first-order chi connectivity index (χ1) is 14.6. The quantitative estimate of drug-likeness (QED) is 0.414. The second kappa shape index (κ2) is 7.27. The summed E-state index contributed by atoms with van der Waals surface area (Å²) in [6.07, 6.45) is -3.98. The Morgan fingerprint density at radius 2 is 1.65 bits per heavy atom. The molecular weight excluding hydrogens is 403 g/mol. The van der Waals surface area contributed by atoms with Crippen molar-refractivity contribution >= 4 is 11.7 Å². The number of carbonyl (C=O) groups is 1. The minimum absolute atomic E-state index is 0.0696. The van der Waals surface area contributed by atoms with Crippen LogP contribution < -0.4 is 11.5 Å². The van der Waals surface area contributed by atoms with Crippen molar-refractivity contribution in [1.82, 2.24) is 0 Å². The topological polar surface area (TPSA) is 93.0 Å². The summed E-state index contributed by atoms with van der Waals surface area (Å²) < 4.78 is 40.1. The number of nitrogens with one attached hydrogen (secondary N) is 1. The molecular formula is C24H20F3N3O. The maximum atomic E-state index is 13.4. The van der Waals surface area contributed by atoms with Crippen LogP contribution in [0.1, 0.15) is 34.6 Å². The van der Waals surface area contributed by atoms with Gasteiger partial charge in [-0.25, -0.2) is 0 Å². The van der Waals surface area contributed by atoms with Gasteiger partial charge in [0.15, 0.2) is 0 Å². The zero-order valence-electron chi connectivity index (χ0n) is 16.4. The number of nitrogens with two attached hydrogens (primary N) is 2. The summed E-state index contributed by atoms with van der Waals surface area (Å²) in [5.74, 6) is -0.744. The molecule has 3 aromatic rings. The molecule has 0 aromatic heterocycles. The summed E-state index contributed by atoms with van der Waals surface area (Å²) >= 11 is 0. The van der Waals surface area contributed by atoms with Crippen LogP contribution in [0.4, 0.5) is 13.2 Å². The van der Waals surface area contributed by atoms with Crippen molar-refractivity contribution in [1.29, 1.82) is 5.41 Å². The first-order valence-electron chi connectivity index (χ1n) is 9.66. The molecule has 1 amide bonds. The predicted molar refractivity (Wildman–Crippen MR) is 113 cm³/mol. The molecule has 158 valence electrons. The second-order valence-corrected chi connectivity index (χ2v) is 7.75. The van der Waals surface area contributed by atoms with Gasteiger partial charge in [0.25, 0.3) is 0 Å². The van der Waals surface area contributed by atoms with E-state index < -0.39 is 23.1 Å². The van der Waals surface area contributed by atoms with Crippen LogP contribution in [0.15, 0.2) is 72.8 Å². The van der Waals surface area contributed by atoms with Crippen molar-refractivity contribution in [3.63, 3.8) is 0 Å². The molecule has 0 heterocycles. The molecule has 4 nitrogen and oxygen atoms in total. The Labute approximate surface area is 177 Å². The summed E-state index contributed by atoms with van der Waals surface area (Å²) in [5, 5.41) is 7.61. The third kappa shape index (κ3) is 3.56. The Balaban J connectivity index is 1.70. The van der Waals surface area contributed by atoms with Gasteiger partial charge in [0.1, 0.15) is 5.84 Å². The number of nitrogen functional groups attached to an aromatic ring is 1. The SMILES string of the molecule is N=C(N)c1cccc(C2CC2(C(N)=O)c2ccc(-c3ccccc3C(F)(F)F)cc2)c1. The van der Waals surface area contributed by atoms with Crippen molar-refractivity contribution in [2.75, 3.05) is 0 Å². The molecule has 3 aromatic carbocycles. The van der Waals surface area contributed by atoms with Crippen molar-refractivity contribution < 1.29 is 18.0 Å². The average Bonchev–Trinajstić information content (AvgIpc) is 3.51. The van der Waals surface area contributed by atoms with Gasteiger partial charge in [-0.2, -0.15) is 13.2 Å².